The van der Waals surface area contributed by atoms with Gasteiger partial charge in [0.2, 0.25) is 0 Å². The van der Waals surface area contributed by atoms with E-state index in [0.717, 1.165) is 0 Å². The van der Waals surface area contributed by atoms with Crippen molar-refractivity contribution < 1.29 is 0 Å². The summed E-state index contributed by atoms with van der Waals surface area (Å²) in [6.45, 7) is 0. The third-order valence-corrected chi connectivity index (χ3v) is 10.6. The summed E-state index contributed by atoms with van der Waals surface area (Å²) in [5.74, 6) is 0. The Morgan fingerprint density at radius 2 is 1.21 bits per heavy atom. The topological polar surface area (TPSA) is 9.86 Å². The molecule has 2 nitrogen and oxygen atoms in total. The van der Waals surface area contributed by atoms with Gasteiger partial charge in [0, 0.05) is 0 Å². The molecule has 3 heterocycles. The SMILES string of the molecule is c1ccc(-n2ccc3cc4cc5c(cc4cc32)c2ccccc2n5-c2cccc3c2[se]c2ccccc23)cc1. The molecule has 0 spiro atoms. The van der Waals surface area contributed by atoms with Crippen LogP contribution >= 0.6 is 0 Å². The summed E-state index contributed by atoms with van der Waals surface area (Å²) < 4.78 is 7.75. The molecule has 9 rings (SSSR count). The molecule has 9 aromatic rings. The van der Waals surface area contributed by atoms with E-state index >= 15 is 0 Å². The molecule has 0 radical (unpaired) electrons. The first kappa shape index (κ1) is 21.4. The number of hydrogen-bond donors (Lipinski definition) is 0. The summed E-state index contributed by atoms with van der Waals surface area (Å²) in [5.41, 5.74) is 6.26. The molecule has 0 saturated carbocycles. The standard InChI is InChI=1S/C36H22N2Se/c1-2-9-26(10-3-1)37-18-17-23-19-24-22-34-30(20-25(24)21-33(23)37)27-11-4-6-14-31(27)38(34)32-15-8-13-29-28-12-5-7-16-35(28)39-36(29)32/h1-22H. The van der Waals surface area contributed by atoms with E-state index in [4.69, 9.17) is 0 Å². The van der Waals surface area contributed by atoms with Crippen LogP contribution in [0.2, 0.25) is 0 Å². The van der Waals surface area contributed by atoms with Crippen LogP contribution in [0.1, 0.15) is 0 Å². The van der Waals surface area contributed by atoms with Gasteiger partial charge in [0.05, 0.1) is 0 Å². The molecule has 0 unspecified atom stereocenters. The van der Waals surface area contributed by atoms with Gasteiger partial charge < -0.3 is 0 Å². The summed E-state index contributed by atoms with van der Waals surface area (Å²) in [4.78, 5) is 0. The van der Waals surface area contributed by atoms with E-state index in [9.17, 15) is 0 Å². The molecule has 0 amide bonds. The fourth-order valence-corrected chi connectivity index (χ4v) is 8.86. The quantitative estimate of drug-likeness (QED) is 0.186. The smallest absolute Gasteiger partial charge is 0.0602 e. The molecule has 0 atom stereocenters. The normalized spacial score (nSPS) is 12.1. The van der Waals surface area contributed by atoms with Crippen LogP contribution in [-0.2, 0) is 0 Å². The van der Waals surface area contributed by atoms with Crippen LogP contribution in [0.3, 0.4) is 0 Å². The molecule has 6 aromatic carbocycles. The third-order valence-electron chi connectivity index (χ3n) is 8.10. The zero-order valence-corrected chi connectivity index (χ0v) is 22.7. The van der Waals surface area contributed by atoms with Crippen LogP contribution in [-0.4, -0.2) is 23.6 Å². The molecule has 39 heavy (non-hydrogen) atoms. The number of aromatic nitrogens is 2. The molecule has 0 bridgehead atoms. The summed E-state index contributed by atoms with van der Waals surface area (Å²) in [7, 11) is 0. The van der Waals surface area contributed by atoms with Gasteiger partial charge in [0.1, 0.15) is 0 Å². The summed E-state index contributed by atoms with van der Waals surface area (Å²) in [6.07, 6.45) is 2.18. The monoisotopic (exact) mass is 562 g/mol. The maximum atomic E-state index is 2.51. The fraction of sp³-hybridized carbons (Fsp3) is 0. The summed E-state index contributed by atoms with van der Waals surface area (Å²) >= 11 is 0.281. The Morgan fingerprint density at radius 3 is 2.13 bits per heavy atom. The van der Waals surface area contributed by atoms with Crippen molar-refractivity contribution >= 4 is 77.3 Å². The van der Waals surface area contributed by atoms with Crippen LogP contribution in [0.4, 0.5) is 0 Å². The van der Waals surface area contributed by atoms with E-state index in [0.29, 0.717) is 0 Å². The Morgan fingerprint density at radius 1 is 0.462 bits per heavy atom. The van der Waals surface area contributed by atoms with Crippen molar-refractivity contribution in [3.05, 3.63) is 134 Å². The minimum absolute atomic E-state index is 0.281. The van der Waals surface area contributed by atoms with Gasteiger partial charge in [-0.05, 0) is 0 Å². The Kier molecular flexibility index (Phi) is 4.37. The van der Waals surface area contributed by atoms with Crippen LogP contribution in [0.5, 0.6) is 0 Å². The van der Waals surface area contributed by atoms with Crippen LogP contribution in [0.15, 0.2) is 134 Å². The third kappa shape index (κ3) is 3.03. The van der Waals surface area contributed by atoms with E-state index in [2.05, 4.69) is 143 Å². The van der Waals surface area contributed by atoms with Crippen molar-refractivity contribution in [2.24, 2.45) is 0 Å². The van der Waals surface area contributed by atoms with Gasteiger partial charge >= 0.3 is 213 Å². The zero-order valence-electron chi connectivity index (χ0n) is 21.0. The van der Waals surface area contributed by atoms with Gasteiger partial charge in [0.25, 0.3) is 0 Å². The molecule has 0 aliphatic heterocycles. The number of para-hydroxylation sites is 2. The maximum absolute atomic E-state index is 2.51. The second-order valence-corrected chi connectivity index (χ2v) is 12.5. The molecule has 182 valence electrons. The molecule has 0 fully saturated rings. The van der Waals surface area contributed by atoms with Gasteiger partial charge in [-0.1, -0.05) is 18.2 Å². The predicted molar refractivity (Wildman–Crippen MR) is 167 cm³/mol. The molecule has 0 aliphatic carbocycles. The van der Waals surface area contributed by atoms with Crippen molar-refractivity contribution in [2.75, 3.05) is 0 Å². The number of nitrogens with zero attached hydrogens (tertiary/aromatic N) is 2. The molecule has 0 saturated heterocycles. The molecule has 3 heteroatoms. The molecular weight excluding hydrogens is 539 g/mol. The Balaban J connectivity index is 1.38. The second-order valence-electron chi connectivity index (χ2n) is 10.3. The van der Waals surface area contributed by atoms with Crippen molar-refractivity contribution in [3.8, 4) is 11.4 Å². The predicted octanol–water partition coefficient (Wildman–Crippen LogP) is 9.24. The average Bonchev–Trinajstić information content (AvgIpc) is 3.67. The number of hydrogen-bond acceptors (Lipinski definition) is 0. The number of benzene rings is 6. The van der Waals surface area contributed by atoms with E-state index in [1.54, 1.807) is 0 Å². The van der Waals surface area contributed by atoms with Gasteiger partial charge in [-0.2, -0.15) is 0 Å². The van der Waals surface area contributed by atoms with Crippen LogP contribution < -0.4 is 0 Å². The molecule has 3 aromatic heterocycles. The molecule has 0 N–H and O–H groups in total. The zero-order chi connectivity index (χ0) is 25.5. The van der Waals surface area contributed by atoms with Crippen LogP contribution in [0.25, 0.3) is 74.1 Å². The van der Waals surface area contributed by atoms with Crippen molar-refractivity contribution in [1.82, 2.24) is 9.13 Å². The van der Waals surface area contributed by atoms with E-state index in [1.165, 1.54) is 74.1 Å². The van der Waals surface area contributed by atoms with E-state index in [-0.39, 0.29) is 14.5 Å². The minimum atomic E-state index is 0.281. The van der Waals surface area contributed by atoms with E-state index in [1.807, 2.05) is 0 Å². The van der Waals surface area contributed by atoms with Gasteiger partial charge in [-0.3, -0.25) is 0 Å². The average molecular weight is 562 g/mol. The van der Waals surface area contributed by atoms with Crippen molar-refractivity contribution in [3.63, 3.8) is 0 Å². The first-order chi connectivity index (χ1) is 19.3. The molecular formula is C36H22N2Se. The van der Waals surface area contributed by atoms with Crippen molar-refractivity contribution in [2.45, 2.75) is 0 Å². The summed E-state index contributed by atoms with van der Waals surface area (Å²) in [5, 5.41) is 9.18. The van der Waals surface area contributed by atoms with Gasteiger partial charge in [0.15, 0.2) is 0 Å². The minimum Gasteiger partial charge on any atom is -0.0602 e. The first-order valence-electron chi connectivity index (χ1n) is 13.3. The van der Waals surface area contributed by atoms with E-state index < -0.39 is 0 Å². The van der Waals surface area contributed by atoms with Gasteiger partial charge in [-0.15, -0.1) is 0 Å². The Bertz CT molecular complexity index is 2390. The van der Waals surface area contributed by atoms with Crippen LogP contribution in [0, 0.1) is 0 Å². The number of fused-ring (bicyclic) bond motifs is 8. The number of rotatable bonds is 2. The Hall–Kier alpha value is -4.56. The fourth-order valence-electron chi connectivity index (χ4n) is 6.33. The Labute approximate surface area is 230 Å². The van der Waals surface area contributed by atoms with Gasteiger partial charge in [-0.25, -0.2) is 0 Å². The summed E-state index contributed by atoms with van der Waals surface area (Å²) in [6, 6.07) is 46.9. The van der Waals surface area contributed by atoms with Crippen molar-refractivity contribution in [1.29, 1.82) is 0 Å². The first-order valence-corrected chi connectivity index (χ1v) is 15.0. The molecule has 0 aliphatic rings. The second kappa shape index (κ2) is 7.97.